The topological polar surface area (TPSA) is 160 Å². The van der Waals surface area contributed by atoms with Crippen LogP contribution >= 0.6 is 0 Å². The predicted octanol–water partition coefficient (Wildman–Crippen LogP) is 4.83. The van der Waals surface area contributed by atoms with Crippen LogP contribution in [0.1, 0.15) is 72.4 Å². The van der Waals surface area contributed by atoms with Gasteiger partial charge < -0.3 is 15.8 Å². The van der Waals surface area contributed by atoms with Gasteiger partial charge in [-0.3, -0.25) is 10.1 Å². The molecule has 1 aliphatic rings. The summed E-state index contributed by atoms with van der Waals surface area (Å²) in [5.74, 6) is -2.07. The van der Waals surface area contributed by atoms with E-state index in [1.54, 1.807) is 6.92 Å². The van der Waals surface area contributed by atoms with Crippen molar-refractivity contribution < 1.29 is 23.5 Å². The van der Waals surface area contributed by atoms with Gasteiger partial charge in [-0.1, -0.05) is 21.8 Å². The molecule has 2 aromatic heterocycles. The molecule has 4 rings (SSSR count). The lowest BCUT2D eigenvalue weighted by molar-refractivity contribution is 0.0729. The lowest BCUT2D eigenvalue weighted by Crippen LogP contribution is -2.31. The maximum absolute atomic E-state index is 15.0. The highest BCUT2D eigenvalue weighted by atomic mass is 19.1. The van der Waals surface area contributed by atoms with E-state index in [1.807, 2.05) is 6.07 Å². The number of esters is 1. The van der Waals surface area contributed by atoms with Crippen LogP contribution in [0, 0.1) is 17.1 Å². The summed E-state index contributed by atoms with van der Waals surface area (Å²) in [6, 6.07) is 9.13. The van der Waals surface area contributed by atoms with Gasteiger partial charge in [0.25, 0.3) is 0 Å². The number of amides is 2. The Labute approximate surface area is 220 Å². The zero-order valence-electron chi connectivity index (χ0n) is 19.1. The standard InChI is InChI=1S/C25H21FN6O4.2CH4/c1-2-19(33)15-5-6-17(26)22(23(15)36-24(34)14-4-7-20(28)29-12-14)16-9-18(16)31-25(35)32-21-8-3-13(10-27)11-30-21;;/h3-8,11-12,16,18H,2,9H2,1H3,(H2,28,29)(H2,30,31,32,35);2*1H4/t16-,18?;;/m1../s1. The quantitative estimate of drug-likeness (QED) is 0.227. The van der Waals surface area contributed by atoms with Gasteiger partial charge >= 0.3 is 12.0 Å². The number of ether oxygens (including phenoxy) is 1. The molecule has 198 valence electrons. The van der Waals surface area contributed by atoms with Gasteiger partial charge in [-0.2, -0.15) is 5.26 Å². The van der Waals surface area contributed by atoms with Crippen molar-refractivity contribution in [3.05, 3.63) is 76.9 Å². The summed E-state index contributed by atoms with van der Waals surface area (Å²) in [6.45, 7) is 1.64. The molecule has 4 N–H and O–H groups in total. The van der Waals surface area contributed by atoms with Gasteiger partial charge in [-0.05, 0) is 42.8 Å². The number of benzene rings is 1. The molecule has 1 unspecified atom stereocenters. The van der Waals surface area contributed by atoms with Crippen LogP contribution in [0.4, 0.5) is 20.8 Å². The summed E-state index contributed by atoms with van der Waals surface area (Å²) < 4.78 is 20.6. The molecule has 2 amide bonds. The van der Waals surface area contributed by atoms with Crippen LogP contribution in [0.2, 0.25) is 0 Å². The third-order valence-corrected chi connectivity index (χ3v) is 5.59. The number of nitrogen functional groups attached to an aromatic ring is 1. The van der Waals surface area contributed by atoms with Crippen molar-refractivity contribution in [2.45, 2.75) is 46.6 Å². The highest BCUT2D eigenvalue weighted by Crippen LogP contribution is 2.47. The molecule has 3 aromatic rings. The van der Waals surface area contributed by atoms with Gasteiger partial charge in [0.05, 0.1) is 16.7 Å². The monoisotopic (exact) mass is 520 g/mol. The fourth-order valence-corrected chi connectivity index (χ4v) is 3.65. The summed E-state index contributed by atoms with van der Waals surface area (Å²) in [7, 11) is 0. The second-order valence-electron chi connectivity index (χ2n) is 8.07. The molecule has 1 fully saturated rings. The zero-order valence-corrected chi connectivity index (χ0v) is 19.1. The summed E-state index contributed by atoms with van der Waals surface area (Å²) in [6.07, 6.45) is 3.02. The maximum atomic E-state index is 15.0. The number of halogens is 1. The highest BCUT2D eigenvalue weighted by Gasteiger charge is 2.44. The van der Waals surface area contributed by atoms with Crippen molar-refractivity contribution in [3.8, 4) is 11.8 Å². The third-order valence-electron chi connectivity index (χ3n) is 5.59. The Bertz CT molecular complexity index is 1370. The van der Waals surface area contributed by atoms with E-state index in [2.05, 4.69) is 20.6 Å². The van der Waals surface area contributed by atoms with Gasteiger partial charge in [0.15, 0.2) is 5.78 Å². The number of carbonyl (C=O) groups excluding carboxylic acids is 3. The van der Waals surface area contributed by atoms with E-state index in [1.165, 1.54) is 42.7 Å². The third kappa shape index (κ3) is 6.47. The fraction of sp³-hybridized carbons (Fsp3) is 0.259. The largest absolute Gasteiger partial charge is 0.422 e. The number of rotatable bonds is 7. The average molecular weight is 521 g/mol. The normalized spacial score (nSPS) is 15.1. The van der Waals surface area contributed by atoms with E-state index in [9.17, 15) is 14.4 Å². The molecule has 1 aromatic carbocycles. The molecular weight excluding hydrogens is 491 g/mol. The predicted molar refractivity (Wildman–Crippen MR) is 140 cm³/mol. The van der Waals surface area contributed by atoms with Crippen LogP contribution in [-0.2, 0) is 0 Å². The second kappa shape index (κ2) is 12.4. The number of anilines is 2. The van der Waals surface area contributed by atoms with E-state index < -0.39 is 29.8 Å². The Morgan fingerprint density at radius 2 is 1.89 bits per heavy atom. The number of Topliss-reactive ketones (excluding diaryl/α,β-unsaturated/α-hetero) is 1. The number of nitrogens with two attached hydrogens (primary N) is 1. The smallest absolute Gasteiger partial charge is 0.345 e. The Morgan fingerprint density at radius 3 is 2.50 bits per heavy atom. The van der Waals surface area contributed by atoms with E-state index >= 15 is 4.39 Å². The lowest BCUT2D eigenvalue weighted by Gasteiger charge is -2.15. The number of carbonyl (C=O) groups is 3. The number of nitriles is 1. The average Bonchev–Trinajstić information content (AvgIpc) is 3.62. The van der Waals surface area contributed by atoms with Gasteiger partial charge in [-0.25, -0.2) is 23.9 Å². The minimum atomic E-state index is -0.825. The number of aromatic nitrogens is 2. The van der Waals surface area contributed by atoms with Crippen LogP contribution in [0.15, 0.2) is 48.8 Å². The molecule has 10 nitrogen and oxygen atoms in total. The lowest BCUT2D eigenvalue weighted by atomic mass is 10.00. The molecule has 0 radical (unpaired) electrons. The van der Waals surface area contributed by atoms with Crippen molar-refractivity contribution in [2.24, 2.45) is 0 Å². The molecule has 2 atom stereocenters. The second-order valence-corrected chi connectivity index (χ2v) is 8.07. The summed E-state index contributed by atoms with van der Waals surface area (Å²) >= 11 is 0. The van der Waals surface area contributed by atoms with Crippen LogP contribution in [0.25, 0.3) is 0 Å². The molecular formula is C27H29FN6O4. The summed E-state index contributed by atoms with van der Waals surface area (Å²) in [5, 5.41) is 14.1. The molecule has 0 aliphatic heterocycles. The highest BCUT2D eigenvalue weighted by molar-refractivity contribution is 6.01. The first-order chi connectivity index (χ1) is 17.3. The minimum absolute atomic E-state index is 0. The molecule has 0 spiro atoms. The van der Waals surface area contributed by atoms with Crippen molar-refractivity contribution in [1.82, 2.24) is 15.3 Å². The first kappa shape index (κ1) is 29.4. The first-order valence-corrected chi connectivity index (χ1v) is 11.0. The van der Waals surface area contributed by atoms with Crippen LogP contribution in [0.3, 0.4) is 0 Å². The van der Waals surface area contributed by atoms with E-state index in [-0.39, 0.29) is 61.1 Å². The van der Waals surface area contributed by atoms with Gasteiger partial charge in [-0.15, -0.1) is 0 Å². The zero-order chi connectivity index (χ0) is 25.8. The van der Waals surface area contributed by atoms with Gasteiger partial charge in [0, 0.05) is 36.3 Å². The number of nitrogens with one attached hydrogen (secondary N) is 2. The number of hydrogen-bond donors (Lipinski definition) is 3. The molecule has 0 bridgehead atoms. The SMILES string of the molecule is C.C.CCC(=O)c1ccc(F)c([C@@H]2CC2NC(=O)Nc2ccc(C#N)cn2)c1OC(=O)c1ccc(N)nc1. The van der Waals surface area contributed by atoms with E-state index in [0.717, 1.165) is 6.07 Å². The Hall–Kier alpha value is -4.85. The number of urea groups is 1. The summed E-state index contributed by atoms with van der Waals surface area (Å²) in [5.41, 5.74) is 6.09. The van der Waals surface area contributed by atoms with E-state index in [0.29, 0.717) is 12.0 Å². The van der Waals surface area contributed by atoms with Crippen molar-refractivity contribution in [1.29, 1.82) is 5.26 Å². The van der Waals surface area contributed by atoms with Gasteiger partial charge in [0.1, 0.15) is 29.3 Å². The fourth-order valence-electron chi connectivity index (χ4n) is 3.65. The molecule has 38 heavy (non-hydrogen) atoms. The Morgan fingerprint density at radius 1 is 1.13 bits per heavy atom. The Kier molecular flexibility index (Phi) is 9.59. The number of pyridine rings is 2. The molecule has 1 aliphatic carbocycles. The number of hydrogen-bond acceptors (Lipinski definition) is 8. The van der Waals surface area contributed by atoms with Crippen molar-refractivity contribution >= 4 is 29.4 Å². The number of nitrogens with zero attached hydrogens (tertiary/aromatic N) is 3. The summed E-state index contributed by atoms with van der Waals surface area (Å²) in [4.78, 5) is 45.5. The van der Waals surface area contributed by atoms with E-state index in [4.69, 9.17) is 15.7 Å². The van der Waals surface area contributed by atoms with Crippen molar-refractivity contribution in [2.75, 3.05) is 11.1 Å². The number of ketones is 1. The van der Waals surface area contributed by atoms with Crippen LogP contribution in [-0.4, -0.2) is 33.8 Å². The first-order valence-electron chi connectivity index (χ1n) is 11.0. The minimum Gasteiger partial charge on any atom is -0.422 e. The molecule has 0 saturated heterocycles. The van der Waals surface area contributed by atoms with Gasteiger partial charge in [0.2, 0.25) is 0 Å². The van der Waals surface area contributed by atoms with Crippen LogP contribution < -0.4 is 21.1 Å². The molecule has 2 heterocycles. The molecule has 1 saturated carbocycles. The Balaban J connectivity index is 0.00000253. The molecule has 11 heteroatoms. The van der Waals surface area contributed by atoms with Crippen LogP contribution in [0.5, 0.6) is 5.75 Å². The maximum Gasteiger partial charge on any atom is 0.345 e. The van der Waals surface area contributed by atoms with Crippen molar-refractivity contribution in [3.63, 3.8) is 0 Å².